The SMILES string of the molecule is NC1CC2CCCC(C1)C2NC(=O)CSc1ccccc1. The molecule has 0 aliphatic heterocycles. The number of carbonyl (C=O) groups excluding carboxylic acids is 1. The molecule has 2 atom stereocenters. The Kier molecular flexibility index (Phi) is 4.86. The van der Waals surface area contributed by atoms with E-state index in [9.17, 15) is 4.79 Å². The molecule has 0 radical (unpaired) electrons. The van der Waals surface area contributed by atoms with Gasteiger partial charge >= 0.3 is 0 Å². The third-order valence-electron chi connectivity index (χ3n) is 4.82. The Bertz CT molecular complexity index is 465. The normalized spacial score (nSPS) is 31.7. The van der Waals surface area contributed by atoms with E-state index in [2.05, 4.69) is 5.32 Å². The maximum atomic E-state index is 12.2. The number of thioether (sulfide) groups is 1. The van der Waals surface area contributed by atoms with Crippen LogP contribution in [0.1, 0.15) is 32.1 Å². The zero-order valence-electron chi connectivity index (χ0n) is 12.3. The van der Waals surface area contributed by atoms with E-state index in [4.69, 9.17) is 5.73 Å². The molecule has 4 heteroatoms. The van der Waals surface area contributed by atoms with E-state index >= 15 is 0 Å². The lowest BCUT2D eigenvalue weighted by molar-refractivity contribution is -0.120. The van der Waals surface area contributed by atoms with Gasteiger partial charge in [0.05, 0.1) is 5.75 Å². The fourth-order valence-electron chi connectivity index (χ4n) is 3.92. The van der Waals surface area contributed by atoms with Crippen LogP contribution in [0.3, 0.4) is 0 Å². The monoisotopic (exact) mass is 304 g/mol. The van der Waals surface area contributed by atoms with Crippen molar-refractivity contribution in [3.63, 3.8) is 0 Å². The van der Waals surface area contributed by atoms with Gasteiger partial charge in [-0.2, -0.15) is 0 Å². The van der Waals surface area contributed by atoms with Gasteiger partial charge in [-0.3, -0.25) is 4.79 Å². The Labute approximate surface area is 131 Å². The quantitative estimate of drug-likeness (QED) is 0.841. The van der Waals surface area contributed by atoms with Gasteiger partial charge < -0.3 is 11.1 Å². The second-order valence-corrected chi connectivity index (χ2v) is 7.43. The standard InChI is InChI=1S/C17H24N2OS/c18-14-9-12-5-4-6-13(10-14)17(12)19-16(20)11-21-15-7-2-1-3-8-15/h1-3,7-8,12-14,17H,4-6,9-11,18H2,(H,19,20). The van der Waals surface area contributed by atoms with Gasteiger partial charge in [-0.05, 0) is 49.7 Å². The highest BCUT2D eigenvalue weighted by atomic mass is 32.2. The maximum Gasteiger partial charge on any atom is 0.230 e. The molecule has 0 heterocycles. The summed E-state index contributed by atoms with van der Waals surface area (Å²) in [4.78, 5) is 13.4. The Hall–Kier alpha value is -1.00. The summed E-state index contributed by atoms with van der Waals surface area (Å²) in [6.07, 6.45) is 5.90. The highest BCUT2D eigenvalue weighted by Crippen LogP contribution is 2.39. The molecule has 1 amide bonds. The van der Waals surface area contributed by atoms with Crippen LogP contribution in [-0.2, 0) is 4.79 Å². The summed E-state index contributed by atoms with van der Waals surface area (Å²) in [5.41, 5.74) is 6.14. The largest absolute Gasteiger partial charge is 0.352 e. The van der Waals surface area contributed by atoms with Crippen molar-refractivity contribution in [3.05, 3.63) is 30.3 Å². The van der Waals surface area contributed by atoms with E-state index in [1.807, 2.05) is 30.3 Å². The van der Waals surface area contributed by atoms with Crippen molar-refractivity contribution in [2.45, 2.75) is 49.1 Å². The molecular weight excluding hydrogens is 280 g/mol. The minimum atomic E-state index is 0.168. The van der Waals surface area contributed by atoms with Gasteiger partial charge in [0, 0.05) is 17.0 Å². The zero-order chi connectivity index (χ0) is 14.7. The smallest absolute Gasteiger partial charge is 0.230 e. The summed E-state index contributed by atoms with van der Waals surface area (Å²) in [7, 11) is 0. The summed E-state index contributed by atoms with van der Waals surface area (Å²) in [6, 6.07) is 10.8. The van der Waals surface area contributed by atoms with Crippen molar-refractivity contribution in [2.75, 3.05) is 5.75 Å². The van der Waals surface area contributed by atoms with Crippen molar-refractivity contribution in [1.29, 1.82) is 0 Å². The number of hydrogen-bond donors (Lipinski definition) is 2. The van der Waals surface area contributed by atoms with Gasteiger partial charge in [0.15, 0.2) is 0 Å². The molecule has 1 aromatic rings. The predicted octanol–water partition coefficient (Wildman–Crippen LogP) is 2.80. The van der Waals surface area contributed by atoms with Crippen LogP contribution in [0.15, 0.2) is 35.2 Å². The van der Waals surface area contributed by atoms with Crippen LogP contribution in [0.5, 0.6) is 0 Å². The molecule has 3 N–H and O–H groups in total. The van der Waals surface area contributed by atoms with Gasteiger partial charge in [0.25, 0.3) is 0 Å². The van der Waals surface area contributed by atoms with Crippen LogP contribution in [0.4, 0.5) is 0 Å². The first-order valence-corrected chi connectivity index (χ1v) is 8.93. The second kappa shape index (κ2) is 6.84. The highest BCUT2D eigenvalue weighted by Gasteiger charge is 2.39. The molecule has 2 saturated carbocycles. The van der Waals surface area contributed by atoms with Crippen molar-refractivity contribution in [3.8, 4) is 0 Å². The van der Waals surface area contributed by atoms with Crippen LogP contribution in [0, 0.1) is 11.8 Å². The van der Waals surface area contributed by atoms with Crippen molar-refractivity contribution < 1.29 is 4.79 Å². The minimum absolute atomic E-state index is 0.168. The van der Waals surface area contributed by atoms with Crippen LogP contribution >= 0.6 is 11.8 Å². The first-order chi connectivity index (χ1) is 10.2. The number of rotatable bonds is 4. The van der Waals surface area contributed by atoms with Gasteiger partial charge in [0.2, 0.25) is 5.91 Å². The fraction of sp³-hybridized carbons (Fsp3) is 0.588. The molecule has 2 fully saturated rings. The van der Waals surface area contributed by atoms with Crippen LogP contribution in [0.25, 0.3) is 0 Å². The lowest BCUT2D eigenvalue weighted by Gasteiger charge is -2.45. The number of nitrogens with two attached hydrogens (primary N) is 1. The first kappa shape index (κ1) is 14.9. The summed E-state index contributed by atoms with van der Waals surface area (Å²) in [5.74, 6) is 1.86. The fourth-order valence-corrected chi connectivity index (χ4v) is 4.65. The lowest BCUT2D eigenvalue weighted by atomic mass is 9.67. The molecule has 2 aliphatic carbocycles. The van der Waals surface area contributed by atoms with Crippen molar-refractivity contribution in [2.24, 2.45) is 17.6 Å². The number of benzene rings is 1. The highest BCUT2D eigenvalue weighted by molar-refractivity contribution is 8.00. The molecule has 3 nitrogen and oxygen atoms in total. The molecule has 0 saturated heterocycles. The van der Waals surface area contributed by atoms with Crippen LogP contribution in [0.2, 0.25) is 0 Å². The van der Waals surface area contributed by atoms with E-state index < -0.39 is 0 Å². The Morgan fingerprint density at radius 1 is 1.19 bits per heavy atom. The topological polar surface area (TPSA) is 55.1 Å². The van der Waals surface area contributed by atoms with E-state index in [1.165, 1.54) is 19.3 Å². The Morgan fingerprint density at radius 3 is 2.52 bits per heavy atom. The molecule has 3 rings (SSSR count). The van der Waals surface area contributed by atoms with E-state index in [1.54, 1.807) is 11.8 Å². The maximum absolute atomic E-state index is 12.2. The summed E-state index contributed by atoms with van der Waals surface area (Å²) >= 11 is 1.61. The number of hydrogen-bond acceptors (Lipinski definition) is 3. The van der Waals surface area contributed by atoms with Crippen molar-refractivity contribution >= 4 is 17.7 Å². The van der Waals surface area contributed by atoms with Crippen LogP contribution in [-0.4, -0.2) is 23.7 Å². The zero-order valence-corrected chi connectivity index (χ0v) is 13.1. The Morgan fingerprint density at radius 2 is 1.86 bits per heavy atom. The molecule has 21 heavy (non-hydrogen) atoms. The molecular formula is C17H24N2OS. The number of fused-ring (bicyclic) bond motifs is 2. The molecule has 2 aliphatic rings. The number of nitrogens with one attached hydrogen (secondary N) is 1. The van der Waals surface area contributed by atoms with Gasteiger partial charge in [-0.1, -0.05) is 24.6 Å². The molecule has 114 valence electrons. The van der Waals surface area contributed by atoms with E-state index in [0.717, 1.165) is 17.7 Å². The lowest BCUT2D eigenvalue weighted by Crippen LogP contribution is -2.54. The third kappa shape index (κ3) is 3.80. The first-order valence-electron chi connectivity index (χ1n) is 7.95. The molecule has 0 aromatic heterocycles. The number of carbonyl (C=O) groups is 1. The summed E-state index contributed by atoms with van der Waals surface area (Å²) in [5, 5.41) is 3.30. The second-order valence-electron chi connectivity index (χ2n) is 6.38. The Balaban J connectivity index is 1.52. The van der Waals surface area contributed by atoms with Gasteiger partial charge in [-0.15, -0.1) is 11.8 Å². The van der Waals surface area contributed by atoms with Gasteiger partial charge in [-0.25, -0.2) is 0 Å². The molecule has 2 bridgehead atoms. The summed E-state index contributed by atoms with van der Waals surface area (Å²) in [6.45, 7) is 0. The number of amides is 1. The average molecular weight is 304 g/mol. The molecule has 1 aromatic carbocycles. The third-order valence-corrected chi connectivity index (χ3v) is 5.83. The molecule has 2 unspecified atom stereocenters. The minimum Gasteiger partial charge on any atom is -0.352 e. The summed E-state index contributed by atoms with van der Waals surface area (Å²) < 4.78 is 0. The van der Waals surface area contributed by atoms with Crippen LogP contribution < -0.4 is 11.1 Å². The average Bonchev–Trinajstić information content (AvgIpc) is 2.47. The van der Waals surface area contributed by atoms with E-state index in [0.29, 0.717) is 29.7 Å². The van der Waals surface area contributed by atoms with Gasteiger partial charge in [0.1, 0.15) is 0 Å². The predicted molar refractivity (Wildman–Crippen MR) is 87.1 cm³/mol. The molecule has 0 spiro atoms. The van der Waals surface area contributed by atoms with E-state index in [-0.39, 0.29) is 5.91 Å². The van der Waals surface area contributed by atoms with Crippen molar-refractivity contribution in [1.82, 2.24) is 5.32 Å².